The van der Waals surface area contributed by atoms with E-state index in [9.17, 15) is 15.2 Å². The Kier molecular flexibility index (Phi) is 7.22. The molecule has 166 valence electrons. The summed E-state index contributed by atoms with van der Waals surface area (Å²) < 4.78 is 3.05. The molecule has 0 saturated heterocycles. The van der Waals surface area contributed by atoms with E-state index in [4.69, 9.17) is 4.99 Å². The summed E-state index contributed by atoms with van der Waals surface area (Å²) in [5, 5.41) is 28.2. The minimum atomic E-state index is -0.409. The smallest absolute Gasteiger partial charge is 0.270 e. The van der Waals surface area contributed by atoms with Crippen LogP contribution in [-0.4, -0.2) is 27.0 Å². The Morgan fingerprint density at radius 1 is 1.19 bits per heavy atom. The van der Waals surface area contributed by atoms with Crippen LogP contribution in [-0.2, 0) is 0 Å². The molecule has 7 nitrogen and oxygen atoms in total. The summed E-state index contributed by atoms with van der Waals surface area (Å²) in [4.78, 5) is 16.5. The predicted molar refractivity (Wildman–Crippen MR) is 133 cm³/mol. The molecule has 1 aliphatic rings. The van der Waals surface area contributed by atoms with Gasteiger partial charge in [-0.3, -0.25) is 15.1 Å². The highest BCUT2D eigenvalue weighted by molar-refractivity contribution is 9.11. The lowest BCUT2D eigenvalue weighted by molar-refractivity contribution is -0.384. The van der Waals surface area contributed by atoms with E-state index in [-0.39, 0.29) is 17.5 Å². The second-order valence-electron chi connectivity index (χ2n) is 7.51. The first-order valence-electron chi connectivity index (χ1n) is 10.1. The molecule has 0 spiro atoms. The first-order valence-corrected chi connectivity index (χ1v) is 12.6. The summed E-state index contributed by atoms with van der Waals surface area (Å²) in [7, 11) is 0. The van der Waals surface area contributed by atoms with E-state index in [0.29, 0.717) is 21.3 Å². The maximum atomic E-state index is 11.3. The molecule has 0 aliphatic heterocycles. The maximum Gasteiger partial charge on any atom is 0.270 e. The molecule has 1 aromatic heterocycles. The van der Waals surface area contributed by atoms with Crippen molar-refractivity contribution in [2.45, 2.75) is 38.1 Å². The van der Waals surface area contributed by atoms with Gasteiger partial charge in [-0.2, -0.15) is 5.10 Å². The molecule has 0 unspecified atom stereocenters. The summed E-state index contributed by atoms with van der Waals surface area (Å²) in [6.07, 6.45) is 7.24. The molecule has 0 amide bonds. The van der Waals surface area contributed by atoms with E-state index in [2.05, 4.69) is 37.0 Å². The number of non-ortho nitro benzene ring substituents is 1. The van der Waals surface area contributed by atoms with Gasteiger partial charge in [0.15, 0.2) is 0 Å². The van der Waals surface area contributed by atoms with Crippen molar-refractivity contribution in [1.82, 2.24) is 4.68 Å². The van der Waals surface area contributed by atoms with Crippen molar-refractivity contribution >= 4 is 55.1 Å². The van der Waals surface area contributed by atoms with Crippen LogP contribution in [0.1, 0.15) is 37.7 Å². The van der Waals surface area contributed by atoms with E-state index >= 15 is 0 Å². The number of halogens is 2. The quantitative estimate of drug-likeness (QED) is 0.213. The summed E-state index contributed by atoms with van der Waals surface area (Å²) in [6.45, 7) is 0. The number of nitrogens with zero attached hydrogens (tertiary/aromatic N) is 4. The van der Waals surface area contributed by atoms with Crippen molar-refractivity contribution in [3.05, 3.63) is 71.2 Å². The Balaban J connectivity index is 1.82. The number of phenols is 1. The molecule has 1 N–H and O–H groups in total. The summed E-state index contributed by atoms with van der Waals surface area (Å²) in [5.74, 6) is 0.0791. The van der Waals surface area contributed by atoms with Crippen molar-refractivity contribution in [1.29, 1.82) is 0 Å². The molecule has 4 rings (SSSR count). The van der Waals surface area contributed by atoms with E-state index in [1.807, 2.05) is 11.4 Å². The van der Waals surface area contributed by atoms with Gasteiger partial charge in [0, 0.05) is 33.1 Å². The molecule has 1 heterocycles. The number of rotatable bonds is 5. The van der Waals surface area contributed by atoms with Crippen LogP contribution in [0.5, 0.6) is 5.75 Å². The zero-order valence-corrected chi connectivity index (χ0v) is 20.9. The van der Waals surface area contributed by atoms with E-state index in [1.54, 1.807) is 29.1 Å². The lowest BCUT2D eigenvalue weighted by Gasteiger charge is -2.16. The van der Waals surface area contributed by atoms with Crippen molar-refractivity contribution in [2.75, 3.05) is 0 Å². The molecule has 2 aromatic carbocycles. The van der Waals surface area contributed by atoms with Crippen LogP contribution in [0.3, 0.4) is 0 Å². The third kappa shape index (κ3) is 5.19. The van der Waals surface area contributed by atoms with Crippen LogP contribution in [0.4, 0.5) is 5.69 Å². The average Bonchev–Trinajstić information content (AvgIpc) is 3.18. The minimum Gasteiger partial charge on any atom is -0.506 e. The van der Waals surface area contributed by atoms with E-state index in [1.165, 1.54) is 42.7 Å². The van der Waals surface area contributed by atoms with Gasteiger partial charge in [0.2, 0.25) is 4.80 Å². The summed E-state index contributed by atoms with van der Waals surface area (Å²) in [5.41, 5.74) is 1.93. The Labute approximate surface area is 205 Å². The van der Waals surface area contributed by atoms with Crippen LogP contribution >= 0.6 is 43.2 Å². The number of hydrogen-bond donors (Lipinski definition) is 1. The lowest BCUT2D eigenvalue weighted by atomic mass is 9.96. The number of thiazole rings is 1. The molecule has 1 fully saturated rings. The lowest BCUT2D eigenvalue weighted by Crippen LogP contribution is -2.19. The maximum absolute atomic E-state index is 11.3. The third-order valence-electron chi connectivity index (χ3n) is 5.28. The number of aromatic nitrogens is 1. The van der Waals surface area contributed by atoms with Gasteiger partial charge in [0.05, 0.1) is 27.3 Å². The molecular weight excluding hydrogens is 560 g/mol. The highest BCUT2D eigenvalue weighted by Gasteiger charge is 2.16. The van der Waals surface area contributed by atoms with E-state index in [0.717, 1.165) is 22.1 Å². The molecule has 1 aliphatic carbocycles. The fourth-order valence-corrected chi connectivity index (χ4v) is 5.81. The zero-order valence-electron chi connectivity index (χ0n) is 16.9. The standard InChI is InChI=1S/C22H20Br2N4O3S/c23-16-9-15(21(29)19(24)11-16)12-25-27-20(14-5-4-8-18(10-14)28(30)31)13-32-22(27)26-17-6-2-1-3-7-17/h4-5,8-13,17,29H,1-3,6-7H2. The molecule has 32 heavy (non-hydrogen) atoms. The van der Waals surface area contributed by atoms with Crippen molar-refractivity contribution in [3.8, 4) is 17.0 Å². The zero-order chi connectivity index (χ0) is 22.7. The fourth-order valence-electron chi connectivity index (χ4n) is 3.65. The Bertz CT molecular complexity index is 1250. The minimum absolute atomic E-state index is 0.0172. The molecular formula is C22H20Br2N4O3S. The van der Waals surface area contributed by atoms with Crippen LogP contribution in [0.15, 0.2) is 60.8 Å². The Morgan fingerprint density at radius 2 is 1.97 bits per heavy atom. The van der Waals surface area contributed by atoms with Crippen molar-refractivity contribution < 1.29 is 10.0 Å². The normalized spacial score (nSPS) is 15.5. The number of hydrogen-bond acceptors (Lipinski definition) is 6. The van der Waals surface area contributed by atoms with Gasteiger partial charge < -0.3 is 5.11 Å². The van der Waals surface area contributed by atoms with Gasteiger partial charge in [-0.05, 0) is 40.9 Å². The summed E-state index contributed by atoms with van der Waals surface area (Å²) >= 11 is 8.22. The topological polar surface area (TPSA) is 93.0 Å². The van der Waals surface area contributed by atoms with Crippen LogP contribution in [0, 0.1) is 10.1 Å². The van der Waals surface area contributed by atoms with Gasteiger partial charge in [0.1, 0.15) is 5.75 Å². The number of nitro groups is 1. The van der Waals surface area contributed by atoms with Gasteiger partial charge in [-0.1, -0.05) is 47.3 Å². The predicted octanol–water partition coefficient (Wildman–Crippen LogP) is 6.47. The van der Waals surface area contributed by atoms with Crippen LogP contribution < -0.4 is 4.80 Å². The fraction of sp³-hybridized carbons (Fsp3) is 0.273. The molecule has 0 radical (unpaired) electrons. The molecule has 0 bridgehead atoms. The Morgan fingerprint density at radius 3 is 2.72 bits per heavy atom. The Hall–Kier alpha value is -2.30. The van der Waals surface area contributed by atoms with Gasteiger partial charge >= 0.3 is 0 Å². The highest BCUT2D eigenvalue weighted by atomic mass is 79.9. The molecule has 1 saturated carbocycles. The molecule has 3 aromatic rings. The van der Waals surface area contributed by atoms with Gasteiger partial charge in [-0.15, -0.1) is 11.3 Å². The van der Waals surface area contributed by atoms with Crippen molar-refractivity contribution in [2.24, 2.45) is 10.1 Å². The van der Waals surface area contributed by atoms with Gasteiger partial charge in [0.25, 0.3) is 5.69 Å². The van der Waals surface area contributed by atoms with Crippen LogP contribution in [0.2, 0.25) is 0 Å². The second kappa shape index (κ2) is 10.1. The first-order chi connectivity index (χ1) is 15.4. The largest absolute Gasteiger partial charge is 0.506 e. The number of nitro benzene ring substituents is 1. The molecule has 10 heteroatoms. The monoisotopic (exact) mass is 578 g/mol. The van der Waals surface area contributed by atoms with Gasteiger partial charge in [-0.25, -0.2) is 4.68 Å². The average molecular weight is 580 g/mol. The number of phenolic OH excluding ortho intramolecular Hbond substituents is 1. The van der Waals surface area contributed by atoms with E-state index < -0.39 is 4.92 Å². The highest BCUT2D eigenvalue weighted by Crippen LogP contribution is 2.31. The molecule has 0 atom stereocenters. The summed E-state index contributed by atoms with van der Waals surface area (Å²) in [6, 6.07) is 10.2. The third-order valence-corrected chi connectivity index (χ3v) is 7.17. The SMILES string of the molecule is O=[N+]([O-])c1cccc(-c2csc(=NC3CCCCC3)n2N=Cc2cc(Br)cc(Br)c2O)c1. The van der Waals surface area contributed by atoms with Crippen LogP contribution in [0.25, 0.3) is 11.3 Å². The number of benzene rings is 2. The number of aromatic hydroxyl groups is 1. The first kappa shape index (κ1) is 22.9. The second-order valence-corrected chi connectivity index (χ2v) is 10.1. The van der Waals surface area contributed by atoms with Crippen molar-refractivity contribution in [3.63, 3.8) is 0 Å².